The van der Waals surface area contributed by atoms with E-state index in [-0.39, 0.29) is 6.61 Å². The van der Waals surface area contributed by atoms with Crippen molar-refractivity contribution >= 4 is 5.97 Å². The number of aromatic nitrogens is 1. The van der Waals surface area contributed by atoms with Gasteiger partial charge in [0.1, 0.15) is 11.3 Å². The number of hydrogen-bond donors (Lipinski definition) is 0. The van der Waals surface area contributed by atoms with Crippen molar-refractivity contribution in [3.63, 3.8) is 0 Å². The fourth-order valence-corrected chi connectivity index (χ4v) is 1.24. The first-order valence-corrected chi connectivity index (χ1v) is 4.70. The van der Waals surface area contributed by atoms with Crippen molar-refractivity contribution in [3.8, 4) is 5.75 Å². The van der Waals surface area contributed by atoms with E-state index in [1.807, 2.05) is 0 Å². The van der Waals surface area contributed by atoms with Crippen LogP contribution in [-0.4, -0.2) is 24.7 Å². The van der Waals surface area contributed by atoms with E-state index in [9.17, 15) is 18.0 Å². The molecule has 0 spiro atoms. The molecule has 1 aromatic heterocycles. The summed E-state index contributed by atoms with van der Waals surface area (Å²) >= 11 is 0. The molecule has 0 N–H and O–H groups in total. The Labute approximate surface area is 95.4 Å². The number of halogens is 3. The van der Waals surface area contributed by atoms with Crippen molar-refractivity contribution in [2.45, 2.75) is 13.3 Å². The predicted molar refractivity (Wildman–Crippen MR) is 51.7 cm³/mol. The molecular formula is C10H10F3NO3. The molecule has 1 aromatic rings. The number of carbonyl (C=O) groups is 1. The number of methoxy groups -OCH3 is 1. The highest BCUT2D eigenvalue weighted by molar-refractivity contribution is 5.93. The van der Waals surface area contributed by atoms with Crippen LogP contribution >= 0.6 is 0 Å². The number of esters is 1. The lowest BCUT2D eigenvalue weighted by molar-refractivity contribution is 0.0515. The predicted octanol–water partition coefficient (Wildman–Crippen LogP) is 2.34. The van der Waals surface area contributed by atoms with Gasteiger partial charge in [0, 0.05) is 0 Å². The fraction of sp³-hybridized carbons (Fsp3) is 0.400. The topological polar surface area (TPSA) is 48.4 Å². The van der Waals surface area contributed by atoms with Crippen LogP contribution in [0.1, 0.15) is 29.4 Å². The van der Waals surface area contributed by atoms with Crippen LogP contribution in [0.3, 0.4) is 0 Å². The fourth-order valence-electron chi connectivity index (χ4n) is 1.24. The summed E-state index contributed by atoms with van der Waals surface area (Å²) in [5.41, 5.74) is -1.46. The number of rotatable bonds is 4. The summed E-state index contributed by atoms with van der Waals surface area (Å²) in [4.78, 5) is 14.6. The Hall–Kier alpha value is -1.79. The Morgan fingerprint density at radius 2 is 2.18 bits per heavy atom. The standard InChI is InChI=1S/C10H10F3NO3/c1-3-17-10(15)6-5(11)4-14-7(9(12)13)8(6)16-2/h4,9H,3H2,1-2H3. The van der Waals surface area contributed by atoms with Gasteiger partial charge in [0.05, 0.1) is 19.9 Å². The third-order valence-corrected chi connectivity index (χ3v) is 1.91. The zero-order valence-electron chi connectivity index (χ0n) is 9.17. The summed E-state index contributed by atoms with van der Waals surface area (Å²) in [5.74, 6) is -2.73. The summed E-state index contributed by atoms with van der Waals surface area (Å²) in [6.45, 7) is 1.51. The lowest BCUT2D eigenvalue weighted by Crippen LogP contribution is -2.12. The molecule has 0 atom stereocenters. The monoisotopic (exact) mass is 249 g/mol. The number of hydrogen-bond acceptors (Lipinski definition) is 4. The minimum atomic E-state index is -2.97. The third-order valence-electron chi connectivity index (χ3n) is 1.91. The second kappa shape index (κ2) is 5.51. The van der Waals surface area contributed by atoms with Crippen LogP contribution in [-0.2, 0) is 4.74 Å². The molecule has 94 valence electrons. The highest BCUT2D eigenvalue weighted by atomic mass is 19.3. The molecule has 0 fully saturated rings. The maximum Gasteiger partial charge on any atom is 0.345 e. The quantitative estimate of drug-likeness (QED) is 0.768. The molecule has 0 radical (unpaired) electrons. The van der Waals surface area contributed by atoms with E-state index in [4.69, 9.17) is 0 Å². The van der Waals surface area contributed by atoms with Gasteiger partial charge in [0.15, 0.2) is 11.6 Å². The largest absolute Gasteiger partial charge is 0.494 e. The van der Waals surface area contributed by atoms with E-state index in [0.717, 1.165) is 7.11 Å². The number of nitrogens with zero attached hydrogens (tertiary/aromatic N) is 1. The average Bonchev–Trinajstić information content (AvgIpc) is 2.28. The van der Waals surface area contributed by atoms with Crippen LogP contribution in [0.4, 0.5) is 13.2 Å². The summed E-state index contributed by atoms with van der Waals surface area (Å²) in [5, 5.41) is 0. The van der Waals surface area contributed by atoms with Crippen LogP contribution in [0.5, 0.6) is 5.75 Å². The molecule has 1 rings (SSSR count). The molecule has 17 heavy (non-hydrogen) atoms. The second-order valence-corrected chi connectivity index (χ2v) is 2.92. The Morgan fingerprint density at radius 3 is 2.65 bits per heavy atom. The molecule has 0 aliphatic rings. The number of alkyl halides is 2. The molecule has 0 bridgehead atoms. The summed E-state index contributed by atoms with van der Waals surface area (Å²) in [7, 11) is 1.05. The third kappa shape index (κ3) is 2.66. The smallest absolute Gasteiger partial charge is 0.345 e. The van der Waals surface area contributed by atoms with E-state index in [0.29, 0.717) is 6.20 Å². The zero-order chi connectivity index (χ0) is 13.0. The molecular weight excluding hydrogens is 239 g/mol. The first-order valence-electron chi connectivity index (χ1n) is 4.70. The van der Waals surface area contributed by atoms with Crippen molar-refractivity contribution in [2.75, 3.05) is 13.7 Å². The van der Waals surface area contributed by atoms with Gasteiger partial charge in [-0.25, -0.2) is 22.9 Å². The van der Waals surface area contributed by atoms with Gasteiger partial charge in [-0.3, -0.25) is 0 Å². The van der Waals surface area contributed by atoms with E-state index in [1.165, 1.54) is 6.92 Å². The van der Waals surface area contributed by atoms with Gasteiger partial charge >= 0.3 is 5.97 Å². The van der Waals surface area contributed by atoms with E-state index >= 15 is 0 Å². The van der Waals surface area contributed by atoms with Crippen molar-refractivity contribution in [1.29, 1.82) is 0 Å². The molecule has 0 unspecified atom stereocenters. The number of ether oxygens (including phenoxy) is 2. The van der Waals surface area contributed by atoms with Gasteiger partial charge in [-0.2, -0.15) is 0 Å². The lowest BCUT2D eigenvalue weighted by Gasteiger charge is -2.11. The normalized spacial score (nSPS) is 10.5. The molecule has 0 aromatic carbocycles. The van der Waals surface area contributed by atoms with Crippen molar-refractivity contribution in [1.82, 2.24) is 4.98 Å². The van der Waals surface area contributed by atoms with Crippen molar-refractivity contribution < 1.29 is 27.4 Å². The Kier molecular flexibility index (Phi) is 4.30. The minimum absolute atomic E-state index is 0.00619. The number of carbonyl (C=O) groups excluding carboxylic acids is 1. The van der Waals surface area contributed by atoms with Gasteiger partial charge in [0.2, 0.25) is 0 Å². The van der Waals surface area contributed by atoms with Crippen LogP contribution < -0.4 is 4.74 Å². The van der Waals surface area contributed by atoms with E-state index in [1.54, 1.807) is 0 Å². The first kappa shape index (κ1) is 13.3. The summed E-state index contributed by atoms with van der Waals surface area (Å²) < 4.78 is 47.6. The molecule has 0 aliphatic carbocycles. The molecule has 0 amide bonds. The van der Waals surface area contributed by atoms with E-state index in [2.05, 4.69) is 14.5 Å². The van der Waals surface area contributed by atoms with Crippen LogP contribution in [0, 0.1) is 5.82 Å². The molecule has 0 saturated carbocycles. The maximum atomic E-state index is 13.4. The summed E-state index contributed by atoms with van der Waals surface area (Å²) in [6, 6.07) is 0. The maximum absolute atomic E-state index is 13.4. The van der Waals surface area contributed by atoms with Gasteiger partial charge in [-0.05, 0) is 6.92 Å². The number of pyridine rings is 1. The molecule has 4 nitrogen and oxygen atoms in total. The van der Waals surface area contributed by atoms with Gasteiger partial charge in [-0.15, -0.1) is 0 Å². The van der Waals surface area contributed by atoms with Crippen molar-refractivity contribution in [3.05, 3.63) is 23.3 Å². The van der Waals surface area contributed by atoms with Gasteiger partial charge in [0.25, 0.3) is 6.43 Å². The van der Waals surface area contributed by atoms with Gasteiger partial charge in [-0.1, -0.05) is 0 Å². The second-order valence-electron chi connectivity index (χ2n) is 2.92. The lowest BCUT2D eigenvalue weighted by atomic mass is 10.2. The average molecular weight is 249 g/mol. The van der Waals surface area contributed by atoms with Crippen LogP contribution in [0.25, 0.3) is 0 Å². The molecule has 0 aliphatic heterocycles. The van der Waals surface area contributed by atoms with Gasteiger partial charge < -0.3 is 9.47 Å². The van der Waals surface area contributed by atoms with Crippen LogP contribution in [0.15, 0.2) is 6.20 Å². The molecule has 1 heterocycles. The molecule has 0 saturated heterocycles. The molecule has 7 heteroatoms. The Bertz CT molecular complexity index is 424. The minimum Gasteiger partial charge on any atom is -0.494 e. The highest BCUT2D eigenvalue weighted by Crippen LogP contribution is 2.31. The van der Waals surface area contributed by atoms with Crippen molar-refractivity contribution in [2.24, 2.45) is 0 Å². The Morgan fingerprint density at radius 1 is 1.53 bits per heavy atom. The highest BCUT2D eigenvalue weighted by Gasteiger charge is 2.27. The first-order chi connectivity index (χ1) is 8.02. The zero-order valence-corrected chi connectivity index (χ0v) is 9.17. The SMILES string of the molecule is CCOC(=O)c1c(F)cnc(C(F)F)c1OC. The van der Waals surface area contributed by atoms with Crippen LogP contribution in [0.2, 0.25) is 0 Å². The summed E-state index contributed by atoms with van der Waals surface area (Å²) in [6.07, 6.45) is -2.44. The Balaban J connectivity index is 3.35. The van der Waals surface area contributed by atoms with E-state index < -0.39 is 35.2 Å².